The minimum atomic E-state index is -3.60. The first-order valence-corrected chi connectivity index (χ1v) is 13.9. The van der Waals surface area contributed by atoms with E-state index >= 15 is 0 Å². The van der Waals surface area contributed by atoms with Crippen molar-refractivity contribution in [1.29, 1.82) is 0 Å². The van der Waals surface area contributed by atoms with Crippen LogP contribution in [-0.4, -0.2) is 82.1 Å². The molecule has 1 aromatic carbocycles. The summed E-state index contributed by atoms with van der Waals surface area (Å²) >= 11 is 0. The number of likely N-dealkylation sites (N-methyl/N-ethyl adjacent to an activating group) is 1. The minimum absolute atomic E-state index is 0.0817. The van der Waals surface area contributed by atoms with Gasteiger partial charge in [-0.1, -0.05) is 19.3 Å². The number of rotatable bonds is 8. The molecule has 1 aliphatic carbocycles. The van der Waals surface area contributed by atoms with Crippen molar-refractivity contribution < 1.29 is 17.9 Å². The van der Waals surface area contributed by atoms with Crippen LogP contribution < -0.4 is 10.2 Å². The smallest absolute Gasteiger partial charge is 0.243 e. The Morgan fingerprint density at radius 1 is 1.06 bits per heavy atom. The maximum absolute atomic E-state index is 13.2. The monoisotopic (exact) mass is 478 g/mol. The zero-order valence-electron chi connectivity index (χ0n) is 19.8. The summed E-state index contributed by atoms with van der Waals surface area (Å²) in [6.07, 6.45) is 8.02. The predicted molar refractivity (Wildman–Crippen MR) is 130 cm³/mol. The molecule has 0 spiro atoms. The van der Waals surface area contributed by atoms with E-state index in [0.717, 1.165) is 50.1 Å². The van der Waals surface area contributed by atoms with Crippen molar-refractivity contribution in [2.45, 2.75) is 62.8 Å². The summed E-state index contributed by atoms with van der Waals surface area (Å²) in [5, 5.41) is 3.32. The zero-order chi connectivity index (χ0) is 23.3. The van der Waals surface area contributed by atoms with E-state index in [2.05, 4.69) is 10.2 Å². The molecule has 3 aliphatic rings. The van der Waals surface area contributed by atoms with E-state index < -0.39 is 10.0 Å². The van der Waals surface area contributed by atoms with Gasteiger partial charge in [0.1, 0.15) is 0 Å². The fraction of sp³-hybridized carbons (Fsp3) is 0.708. The molecule has 2 aliphatic heterocycles. The highest BCUT2D eigenvalue weighted by Crippen LogP contribution is 2.32. The van der Waals surface area contributed by atoms with Crippen molar-refractivity contribution in [2.75, 3.05) is 62.7 Å². The number of carbonyl (C=O) groups excluding carboxylic acids is 1. The summed E-state index contributed by atoms with van der Waals surface area (Å²) in [7, 11) is -3.60. The number of amides is 1. The molecule has 33 heavy (non-hydrogen) atoms. The minimum Gasteiger partial charge on any atom is -0.379 e. The van der Waals surface area contributed by atoms with E-state index in [-0.39, 0.29) is 17.3 Å². The summed E-state index contributed by atoms with van der Waals surface area (Å²) in [5.74, 6) is 0.0817. The number of morpholine rings is 1. The molecule has 1 amide bonds. The van der Waals surface area contributed by atoms with E-state index in [1.165, 1.54) is 23.6 Å². The lowest BCUT2D eigenvalue weighted by Crippen LogP contribution is -2.44. The van der Waals surface area contributed by atoms with E-state index in [0.29, 0.717) is 38.9 Å². The lowest BCUT2D eigenvalue weighted by atomic mass is 9.94. The normalized spacial score (nSPS) is 20.7. The maximum atomic E-state index is 13.2. The third-order valence-electron chi connectivity index (χ3n) is 7.13. The molecule has 2 heterocycles. The van der Waals surface area contributed by atoms with Gasteiger partial charge in [0.15, 0.2) is 0 Å². The van der Waals surface area contributed by atoms with Gasteiger partial charge in [-0.05, 0) is 50.8 Å². The zero-order valence-corrected chi connectivity index (χ0v) is 20.6. The van der Waals surface area contributed by atoms with E-state index in [9.17, 15) is 13.2 Å². The Hall–Kier alpha value is -1.84. The number of nitrogens with zero attached hydrogens (tertiary/aromatic N) is 3. The lowest BCUT2D eigenvalue weighted by molar-refractivity contribution is -0.132. The van der Waals surface area contributed by atoms with Gasteiger partial charge in [-0.2, -0.15) is 4.31 Å². The number of hydrogen-bond acceptors (Lipinski definition) is 6. The molecule has 1 aromatic rings. The Kier molecular flexibility index (Phi) is 8.14. The van der Waals surface area contributed by atoms with Gasteiger partial charge in [0.25, 0.3) is 0 Å². The average Bonchev–Trinajstić information content (AvgIpc) is 3.39. The number of hydrogen-bond donors (Lipinski definition) is 1. The molecule has 0 unspecified atom stereocenters. The SMILES string of the molecule is CCN(C(=O)CNc1cc(S(=O)(=O)N2CCOCC2)ccc1N1CCCC1)C1CCCCC1. The lowest BCUT2D eigenvalue weighted by Gasteiger charge is -2.34. The van der Waals surface area contributed by atoms with Crippen LogP contribution in [0.3, 0.4) is 0 Å². The summed E-state index contributed by atoms with van der Waals surface area (Å²) in [4.78, 5) is 17.7. The average molecular weight is 479 g/mol. The topological polar surface area (TPSA) is 82.2 Å². The van der Waals surface area contributed by atoms with Gasteiger partial charge in [-0.25, -0.2) is 8.42 Å². The molecule has 8 nitrogen and oxygen atoms in total. The molecule has 3 fully saturated rings. The second-order valence-electron chi connectivity index (χ2n) is 9.21. The fourth-order valence-corrected chi connectivity index (χ4v) is 6.73. The molecule has 0 bridgehead atoms. The Morgan fingerprint density at radius 3 is 2.42 bits per heavy atom. The van der Waals surface area contributed by atoms with Crippen LogP contribution in [0.2, 0.25) is 0 Å². The molecule has 1 N–H and O–H groups in total. The van der Waals surface area contributed by atoms with Gasteiger partial charge in [0, 0.05) is 38.8 Å². The van der Waals surface area contributed by atoms with Crippen molar-refractivity contribution in [2.24, 2.45) is 0 Å². The third-order valence-corrected chi connectivity index (χ3v) is 9.02. The standard InChI is InChI=1S/C24H38N4O4S/c1-2-28(20-8-4-3-5-9-20)24(29)19-25-22-18-21(10-11-23(22)26-12-6-7-13-26)33(30,31)27-14-16-32-17-15-27/h10-11,18,20,25H,2-9,12-17,19H2,1H3. The van der Waals surface area contributed by atoms with Crippen molar-refractivity contribution >= 4 is 27.3 Å². The molecule has 1 saturated carbocycles. The van der Waals surface area contributed by atoms with Crippen molar-refractivity contribution in [3.05, 3.63) is 18.2 Å². The first kappa shape index (κ1) is 24.3. The molecule has 4 rings (SSSR count). The van der Waals surface area contributed by atoms with Crippen LogP contribution in [0.1, 0.15) is 51.9 Å². The number of ether oxygens (including phenoxy) is 1. The maximum Gasteiger partial charge on any atom is 0.243 e. The molecule has 2 saturated heterocycles. The van der Waals surface area contributed by atoms with Gasteiger partial charge in [-0.15, -0.1) is 0 Å². The number of sulfonamides is 1. The first-order chi connectivity index (χ1) is 16.0. The number of benzene rings is 1. The van der Waals surface area contributed by atoms with Crippen LogP contribution in [-0.2, 0) is 19.6 Å². The second kappa shape index (κ2) is 11.1. The van der Waals surface area contributed by atoms with Crippen LogP contribution in [0.25, 0.3) is 0 Å². The van der Waals surface area contributed by atoms with Gasteiger partial charge in [-0.3, -0.25) is 4.79 Å². The van der Waals surface area contributed by atoms with Crippen LogP contribution >= 0.6 is 0 Å². The van der Waals surface area contributed by atoms with E-state index in [1.807, 2.05) is 17.9 Å². The van der Waals surface area contributed by atoms with Crippen molar-refractivity contribution in [3.8, 4) is 0 Å². The largest absolute Gasteiger partial charge is 0.379 e. The second-order valence-corrected chi connectivity index (χ2v) is 11.2. The molecule has 184 valence electrons. The Morgan fingerprint density at radius 2 is 1.76 bits per heavy atom. The summed E-state index contributed by atoms with van der Waals surface area (Å²) in [5.41, 5.74) is 1.70. The molecule has 0 atom stereocenters. The van der Waals surface area contributed by atoms with Gasteiger partial charge < -0.3 is 19.9 Å². The Bertz CT molecular complexity index is 905. The highest BCUT2D eigenvalue weighted by atomic mass is 32.2. The highest BCUT2D eigenvalue weighted by molar-refractivity contribution is 7.89. The molecule has 0 aromatic heterocycles. The number of carbonyl (C=O) groups is 1. The van der Waals surface area contributed by atoms with E-state index in [1.54, 1.807) is 12.1 Å². The molecular formula is C24H38N4O4S. The fourth-order valence-electron chi connectivity index (χ4n) is 5.29. The van der Waals surface area contributed by atoms with Crippen LogP contribution in [0.5, 0.6) is 0 Å². The predicted octanol–water partition coefficient (Wildman–Crippen LogP) is 2.90. The summed E-state index contributed by atoms with van der Waals surface area (Å²) < 4.78 is 33.3. The molecule has 9 heteroatoms. The van der Waals surface area contributed by atoms with Crippen molar-refractivity contribution in [3.63, 3.8) is 0 Å². The number of anilines is 2. The van der Waals surface area contributed by atoms with E-state index in [4.69, 9.17) is 4.74 Å². The van der Waals surface area contributed by atoms with Crippen LogP contribution in [0, 0.1) is 0 Å². The van der Waals surface area contributed by atoms with Crippen LogP contribution in [0.4, 0.5) is 11.4 Å². The highest BCUT2D eigenvalue weighted by Gasteiger charge is 2.29. The molecule has 0 radical (unpaired) electrons. The summed E-state index contributed by atoms with van der Waals surface area (Å²) in [6.45, 7) is 6.37. The van der Waals surface area contributed by atoms with Crippen LogP contribution in [0.15, 0.2) is 23.1 Å². The Labute approximate surface area is 198 Å². The third kappa shape index (κ3) is 5.63. The Balaban J connectivity index is 1.54. The quantitative estimate of drug-likeness (QED) is 0.619. The van der Waals surface area contributed by atoms with Gasteiger partial charge in [0.05, 0.1) is 36.0 Å². The summed E-state index contributed by atoms with van der Waals surface area (Å²) in [6, 6.07) is 5.63. The molecular weight excluding hydrogens is 440 g/mol. The van der Waals surface area contributed by atoms with Gasteiger partial charge in [0.2, 0.25) is 15.9 Å². The van der Waals surface area contributed by atoms with Gasteiger partial charge >= 0.3 is 0 Å². The van der Waals surface area contributed by atoms with Crippen molar-refractivity contribution in [1.82, 2.24) is 9.21 Å². The number of nitrogens with one attached hydrogen (secondary N) is 1. The first-order valence-electron chi connectivity index (χ1n) is 12.5.